The Hall–Kier alpha value is -1.89. The third kappa shape index (κ3) is 2.82. The SMILES string of the molecule is CNCc1c(C)cc(C)nc1-n1cc(C(F)(F)F)cn1. The molecule has 2 heterocycles. The standard InChI is InChI=1S/C13H15F3N4/c1-8-4-9(2)19-12(11(8)6-17-3)20-7-10(5-18-20)13(14,15)16/h4-5,7,17H,6H2,1-3H3. The summed E-state index contributed by atoms with van der Waals surface area (Å²) in [5.74, 6) is 0.423. The molecule has 0 bridgehead atoms. The van der Waals surface area contributed by atoms with Gasteiger partial charge in [0.15, 0.2) is 5.82 Å². The molecule has 108 valence electrons. The zero-order valence-corrected chi connectivity index (χ0v) is 11.4. The van der Waals surface area contributed by atoms with Crippen LogP contribution in [-0.4, -0.2) is 21.8 Å². The second kappa shape index (κ2) is 5.24. The number of rotatable bonds is 3. The first-order valence-electron chi connectivity index (χ1n) is 6.07. The number of halogens is 3. The van der Waals surface area contributed by atoms with Gasteiger partial charge in [-0.05, 0) is 32.5 Å². The van der Waals surface area contributed by atoms with E-state index in [1.54, 1.807) is 14.0 Å². The van der Waals surface area contributed by atoms with Crippen molar-refractivity contribution in [3.05, 3.63) is 40.8 Å². The van der Waals surface area contributed by atoms with E-state index in [1.165, 1.54) is 4.68 Å². The van der Waals surface area contributed by atoms with Crippen LogP contribution in [0, 0.1) is 13.8 Å². The summed E-state index contributed by atoms with van der Waals surface area (Å²) in [6, 6.07) is 1.89. The summed E-state index contributed by atoms with van der Waals surface area (Å²) in [6.45, 7) is 4.21. The molecule has 2 aromatic heterocycles. The fourth-order valence-electron chi connectivity index (χ4n) is 2.01. The molecule has 0 aliphatic rings. The number of pyridine rings is 1. The molecule has 0 spiro atoms. The second-order valence-electron chi connectivity index (χ2n) is 4.58. The third-order valence-corrected chi connectivity index (χ3v) is 2.93. The van der Waals surface area contributed by atoms with Crippen LogP contribution in [0.2, 0.25) is 0 Å². The number of nitrogens with one attached hydrogen (secondary N) is 1. The molecule has 0 radical (unpaired) electrons. The largest absolute Gasteiger partial charge is 0.419 e. The Morgan fingerprint density at radius 1 is 1.30 bits per heavy atom. The van der Waals surface area contributed by atoms with Crippen molar-refractivity contribution < 1.29 is 13.2 Å². The van der Waals surface area contributed by atoms with Crippen molar-refractivity contribution in [2.75, 3.05) is 7.05 Å². The molecular weight excluding hydrogens is 269 g/mol. The van der Waals surface area contributed by atoms with E-state index in [-0.39, 0.29) is 0 Å². The Kier molecular flexibility index (Phi) is 3.80. The maximum Gasteiger partial charge on any atom is 0.419 e. The van der Waals surface area contributed by atoms with Gasteiger partial charge in [-0.25, -0.2) is 9.67 Å². The first kappa shape index (κ1) is 14.5. The van der Waals surface area contributed by atoms with E-state index in [9.17, 15) is 13.2 Å². The van der Waals surface area contributed by atoms with Gasteiger partial charge in [0.2, 0.25) is 0 Å². The molecule has 0 unspecified atom stereocenters. The van der Waals surface area contributed by atoms with Gasteiger partial charge in [-0.15, -0.1) is 0 Å². The van der Waals surface area contributed by atoms with E-state index >= 15 is 0 Å². The molecular formula is C13H15F3N4. The highest BCUT2D eigenvalue weighted by atomic mass is 19.4. The Bertz CT molecular complexity index is 617. The first-order valence-corrected chi connectivity index (χ1v) is 6.07. The Morgan fingerprint density at radius 2 is 2.00 bits per heavy atom. The quantitative estimate of drug-likeness (QED) is 0.942. The van der Waals surface area contributed by atoms with Gasteiger partial charge in [-0.3, -0.25) is 0 Å². The van der Waals surface area contributed by atoms with Crippen LogP contribution in [0.4, 0.5) is 13.2 Å². The normalized spacial score (nSPS) is 11.9. The lowest BCUT2D eigenvalue weighted by molar-refractivity contribution is -0.137. The van der Waals surface area contributed by atoms with Crippen LogP contribution in [0.25, 0.3) is 5.82 Å². The molecule has 0 aromatic carbocycles. The maximum absolute atomic E-state index is 12.6. The van der Waals surface area contributed by atoms with Crippen LogP contribution < -0.4 is 5.32 Å². The van der Waals surface area contributed by atoms with Crippen LogP contribution in [-0.2, 0) is 12.7 Å². The molecule has 0 atom stereocenters. The smallest absolute Gasteiger partial charge is 0.316 e. The van der Waals surface area contributed by atoms with E-state index in [0.717, 1.165) is 29.2 Å². The molecule has 1 N–H and O–H groups in total. The lowest BCUT2D eigenvalue weighted by atomic mass is 10.1. The molecule has 0 aliphatic carbocycles. The molecule has 7 heteroatoms. The summed E-state index contributed by atoms with van der Waals surface area (Å²) in [5.41, 5.74) is 1.75. The van der Waals surface area contributed by atoms with Crippen molar-refractivity contribution in [2.45, 2.75) is 26.6 Å². The predicted molar refractivity (Wildman–Crippen MR) is 68.6 cm³/mol. The predicted octanol–water partition coefficient (Wildman–Crippen LogP) is 2.62. The first-order chi connectivity index (χ1) is 9.32. The van der Waals surface area contributed by atoms with Gasteiger partial charge in [0.05, 0.1) is 11.8 Å². The zero-order chi connectivity index (χ0) is 14.9. The van der Waals surface area contributed by atoms with Gasteiger partial charge in [0.25, 0.3) is 0 Å². The minimum absolute atomic E-state index is 0.423. The van der Waals surface area contributed by atoms with Crippen LogP contribution in [0.15, 0.2) is 18.5 Å². The molecule has 4 nitrogen and oxygen atoms in total. The Balaban J connectivity index is 2.54. The van der Waals surface area contributed by atoms with E-state index in [4.69, 9.17) is 0 Å². The topological polar surface area (TPSA) is 42.7 Å². The lowest BCUT2D eigenvalue weighted by Gasteiger charge is -2.12. The van der Waals surface area contributed by atoms with Crippen molar-refractivity contribution in [2.24, 2.45) is 0 Å². The summed E-state index contributed by atoms with van der Waals surface area (Å²) in [6.07, 6.45) is -2.64. The van der Waals surface area contributed by atoms with E-state index in [2.05, 4.69) is 15.4 Å². The van der Waals surface area contributed by atoms with Gasteiger partial charge in [-0.2, -0.15) is 18.3 Å². The third-order valence-electron chi connectivity index (χ3n) is 2.93. The summed E-state index contributed by atoms with van der Waals surface area (Å²) >= 11 is 0. The van der Waals surface area contributed by atoms with Crippen LogP contribution in [0.1, 0.15) is 22.4 Å². The van der Waals surface area contributed by atoms with Crippen molar-refractivity contribution >= 4 is 0 Å². The van der Waals surface area contributed by atoms with Crippen LogP contribution >= 0.6 is 0 Å². The van der Waals surface area contributed by atoms with Gasteiger partial charge in [0, 0.05) is 24.0 Å². The molecule has 20 heavy (non-hydrogen) atoms. The van der Waals surface area contributed by atoms with Gasteiger partial charge < -0.3 is 5.32 Å². The van der Waals surface area contributed by atoms with Crippen LogP contribution in [0.3, 0.4) is 0 Å². The molecule has 2 aromatic rings. The van der Waals surface area contributed by atoms with Crippen molar-refractivity contribution in [3.8, 4) is 5.82 Å². The Labute approximate surface area is 114 Å². The molecule has 0 amide bonds. The summed E-state index contributed by atoms with van der Waals surface area (Å²) in [5, 5.41) is 6.77. The molecule has 0 aliphatic heterocycles. The second-order valence-corrected chi connectivity index (χ2v) is 4.58. The van der Waals surface area contributed by atoms with Gasteiger partial charge >= 0.3 is 6.18 Å². The average molecular weight is 284 g/mol. The van der Waals surface area contributed by atoms with Crippen molar-refractivity contribution in [1.29, 1.82) is 0 Å². The monoisotopic (exact) mass is 284 g/mol. The van der Waals surface area contributed by atoms with E-state index in [1.807, 2.05) is 13.0 Å². The molecule has 0 fully saturated rings. The fourth-order valence-corrected chi connectivity index (χ4v) is 2.01. The Morgan fingerprint density at radius 3 is 2.55 bits per heavy atom. The maximum atomic E-state index is 12.6. The number of aryl methyl sites for hydroxylation is 2. The number of alkyl halides is 3. The summed E-state index contributed by atoms with van der Waals surface area (Å²) in [4.78, 5) is 4.31. The number of hydrogen-bond acceptors (Lipinski definition) is 3. The number of hydrogen-bond donors (Lipinski definition) is 1. The van der Waals surface area contributed by atoms with Crippen molar-refractivity contribution in [1.82, 2.24) is 20.1 Å². The molecule has 0 saturated heterocycles. The van der Waals surface area contributed by atoms with E-state index in [0.29, 0.717) is 12.4 Å². The number of aromatic nitrogens is 3. The highest BCUT2D eigenvalue weighted by Crippen LogP contribution is 2.29. The minimum atomic E-state index is -4.40. The lowest BCUT2D eigenvalue weighted by Crippen LogP contribution is -2.13. The highest BCUT2D eigenvalue weighted by Gasteiger charge is 2.32. The minimum Gasteiger partial charge on any atom is -0.316 e. The fraction of sp³-hybridized carbons (Fsp3) is 0.385. The van der Waals surface area contributed by atoms with Crippen molar-refractivity contribution in [3.63, 3.8) is 0 Å². The molecule has 0 saturated carbocycles. The summed E-state index contributed by atoms with van der Waals surface area (Å²) < 4.78 is 39.1. The highest BCUT2D eigenvalue weighted by molar-refractivity contribution is 5.41. The van der Waals surface area contributed by atoms with Gasteiger partial charge in [0.1, 0.15) is 0 Å². The van der Waals surface area contributed by atoms with Gasteiger partial charge in [-0.1, -0.05) is 0 Å². The van der Waals surface area contributed by atoms with Crippen LogP contribution in [0.5, 0.6) is 0 Å². The van der Waals surface area contributed by atoms with E-state index < -0.39 is 11.7 Å². The number of nitrogens with zero attached hydrogens (tertiary/aromatic N) is 3. The molecule has 2 rings (SSSR count). The summed E-state index contributed by atoms with van der Waals surface area (Å²) in [7, 11) is 1.77. The zero-order valence-electron chi connectivity index (χ0n) is 11.4. The average Bonchev–Trinajstić information content (AvgIpc) is 2.81.